The molecule has 1 rings (SSSR count). The van der Waals surface area contributed by atoms with E-state index in [-0.39, 0.29) is 35.6 Å². The molecule has 2 atom stereocenters. The minimum atomic E-state index is -0.363. The topological polar surface area (TPSA) is 75.4 Å². The molecule has 0 bridgehead atoms. The van der Waals surface area contributed by atoms with E-state index in [0.717, 1.165) is 25.9 Å². The van der Waals surface area contributed by atoms with Gasteiger partial charge in [-0.2, -0.15) is 0 Å². The summed E-state index contributed by atoms with van der Waals surface area (Å²) in [4.78, 5) is 25.9. The number of likely N-dealkylation sites (tertiary alicyclic amines) is 1. The Kier molecular flexibility index (Phi) is 8.26. The Hall–Kier alpha value is -0.810. The molecule has 0 aromatic rings. The molecule has 0 aromatic carbocycles. The number of hydrogen-bond donors (Lipinski definition) is 2. The Morgan fingerprint density at radius 3 is 2.52 bits per heavy atom. The van der Waals surface area contributed by atoms with Gasteiger partial charge in [-0.3, -0.25) is 9.59 Å². The zero-order chi connectivity index (χ0) is 15.3. The van der Waals surface area contributed by atoms with Gasteiger partial charge in [-0.05, 0) is 18.8 Å². The number of rotatable bonds is 4. The molecular formula is C15H30ClN3O2. The van der Waals surface area contributed by atoms with E-state index in [1.54, 1.807) is 0 Å². The summed E-state index contributed by atoms with van der Waals surface area (Å²) in [6.45, 7) is 10.2. The van der Waals surface area contributed by atoms with Gasteiger partial charge in [-0.15, -0.1) is 12.4 Å². The summed E-state index contributed by atoms with van der Waals surface area (Å²) < 4.78 is 0. The Balaban J connectivity index is 0.00000400. The van der Waals surface area contributed by atoms with Gasteiger partial charge in [0.2, 0.25) is 11.8 Å². The molecule has 1 aliphatic heterocycles. The number of nitrogens with two attached hydrogens (primary N) is 1. The molecule has 0 radical (unpaired) electrons. The Labute approximate surface area is 134 Å². The number of hydrogen-bond acceptors (Lipinski definition) is 3. The molecule has 2 amide bonds. The molecule has 1 saturated heterocycles. The highest BCUT2D eigenvalue weighted by atomic mass is 35.5. The molecule has 6 heteroatoms. The zero-order valence-electron chi connectivity index (χ0n) is 13.6. The summed E-state index contributed by atoms with van der Waals surface area (Å²) >= 11 is 0. The first-order chi connectivity index (χ1) is 9.25. The third kappa shape index (κ3) is 6.22. The van der Waals surface area contributed by atoms with Gasteiger partial charge in [0, 0.05) is 37.5 Å². The van der Waals surface area contributed by atoms with Crippen LogP contribution >= 0.6 is 12.4 Å². The second-order valence-electron chi connectivity index (χ2n) is 6.89. The average Bonchev–Trinajstić information content (AvgIpc) is 2.42. The lowest BCUT2D eigenvalue weighted by atomic mass is 9.93. The van der Waals surface area contributed by atoms with Crippen molar-refractivity contribution in [2.24, 2.45) is 23.0 Å². The average molecular weight is 320 g/mol. The van der Waals surface area contributed by atoms with E-state index in [9.17, 15) is 9.59 Å². The molecule has 0 aliphatic carbocycles. The van der Waals surface area contributed by atoms with Gasteiger partial charge in [-0.25, -0.2) is 0 Å². The van der Waals surface area contributed by atoms with Crippen molar-refractivity contribution in [3.63, 3.8) is 0 Å². The first kappa shape index (κ1) is 20.2. The van der Waals surface area contributed by atoms with Crippen molar-refractivity contribution < 1.29 is 9.59 Å². The third-order valence-electron chi connectivity index (χ3n) is 3.84. The number of carbonyl (C=O) groups is 2. The van der Waals surface area contributed by atoms with Crippen molar-refractivity contribution >= 4 is 24.2 Å². The lowest BCUT2D eigenvalue weighted by Gasteiger charge is -2.34. The predicted molar refractivity (Wildman–Crippen MR) is 87.2 cm³/mol. The Morgan fingerprint density at radius 2 is 2.00 bits per heavy atom. The minimum Gasteiger partial charge on any atom is -0.355 e. The molecule has 0 aromatic heterocycles. The number of carbonyl (C=O) groups excluding carboxylic acids is 2. The lowest BCUT2D eigenvalue weighted by Crippen LogP contribution is -2.47. The molecule has 0 saturated carbocycles. The second-order valence-corrected chi connectivity index (χ2v) is 6.89. The largest absolute Gasteiger partial charge is 0.355 e. The minimum absolute atomic E-state index is 0. The smallest absolute Gasteiger partial charge is 0.226 e. The molecule has 3 N–H and O–H groups in total. The SMILES string of the molecule is CC(CN)C(=O)N1CCCC(CNC(=O)C(C)(C)C)C1.Cl. The van der Waals surface area contributed by atoms with Gasteiger partial charge in [-0.1, -0.05) is 27.7 Å². The van der Waals surface area contributed by atoms with Crippen molar-refractivity contribution in [3.8, 4) is 0 Å². The van der Waals surface area contributed by atoms with Gasteiger partial charge in [0.05, 0.1) is 0 Å². The fraction of sp³-hybridized carbons (Fsp3) is 0.867. The van der Waals surface area contributed by atoms with Gasteiger partial charge in [0.1, 0.15) is 0 Å². The van der Waals surface area contributed by atoms with Crippen LogP contribution in [-0.4, -0.2) is 42.9 Å². The van der Waals surface area contributed by atoms with Gasteiger partial charge in [0.25, 0.3) is 0 Å². The van der Waals surface area contributed by atoms with Crippen LogP contribution < -0.4 is 11.1 Å². The van der Waals surface area contributed by atoms with Crippen LogP contribution in [0.4, 0.5) is 0 Å². The van der Waals surface area contributed by atoms with Crippen LogP contribution in [0.2, 0.25) is 0 Å². The summed E-state index contributed by atoms with van der Waals surface area (Å²) in [5.41, 5.74) is 5.19. The Morgan fingerprint density at radius 1 is 1.38 bits per heavy atom. The van der Waals surface area contributed by atoms with Crippen LogP contribution in [-0.2, 0) is 9.59 Å². The van der Waals surface area contributed by atoms with Crippen LogP contribution in [0, 0.1) is 17.3 Å². The molecule has 0 spiro atoms. The van der Waals surface area contributed by atoms with Crippen LogP contribution in [0.15, 0.2) is 0 Å². The summed E-state index contributed by atoms with van der Waals surface area (Å²) in [7, 11) is 0. The maximum absolute atomic E-state index is 12.1. The van der Waals surface area contributed by atoms with Gasteiger partial charge >= 0.3 is 0 Å². The predicted octanol–water partition coefficient (Wildman–Crippen LogP) is 1.40. The number of amides is 2. The fourth-order valence-corrected chi connectivity index (χ4v) is 2.35. The van der Waals surface area contributed by atoms with E-state index in [2.05, 4.69) is 5.32 Å². The highest BCUT2D eigenvalue weighted by Gasteiger charge is 2.27. The van der Waals surface area contributed by atoms with E-state index >= 15 is 0 Å². The zero-order valence-corrected chi connectivity index (χ0v) is 14.5. The maximum atomic E-state index is 12.1. The summed E-state index contributed by atoms with van der Waals surface area (Å²) in [5.74, 6) is 0.442. The first-order valence-corrected chi connectivity index (χ1v) is 7.53. The molecule has 5 nitrogen and oxygen atoms in total. The van der Waals surface area contributed by atoms with Crippen molar-refractivity contribution in [3.05, 3.63) is 0 Å². The van der Waals surface area contributed by atoms with Crippen LogP contribution in [0.3, 0.4) is 0 Å². The molecule has 124 valence electrons. The van der Waals surface area contributed by atoms with E-state index in [0.29, 0.717) is 19.0 Å². The molecule has 2 unspecified atom stereocenters. The van der Waals surface area contributed by atoms with E-state index in [1.165, 1.54) is 0 Å². The lowest BCUT2D eigenvalue weighted by molar-refractivity contribution is -0.136. The normalized spacial score (nSPS) is 20.4. The summed E-state index contributed by atoms with van der Waals surface area (Å²) in [6.07, 6.45) is 2.06. The molecule has 1 aliphatic rings. The maximum Gasteiger partial charge on any atom is 0.226 e. The highest BCUT2D eigenvalue weighted by Crippen LogP contribution is 2.19. The third-order valence-corrected chi connectivity index (χ3v) is 3.84. The van der Waals surface area contributed by atoms with Crippen LogP contribution in [0.5, 0.6) is 0 Å². The standard InChI is InChI=1S/C15H29N3O2.ClH/c1-11(8-16)13(19)18-7-5-6-12(10-18)9-17-14(20)15(2,3)4;/h11-12H,5-10,16H2,1-4H3,(H,17,20);1H. The van der Waals surface area contributed by atoms with Crippen molar-refractivity contribution in [1.29, 1.82) is 0 Å². The number of piperidine rings is 1. The molecule has 21 heavy (non-hydrogen) atoms. The molecule has 1 fully saturated rings. The van der Waals surface area contributed by atoms with E-state index in [4.69, 9.17) is 5.73 Å². The monoisotopic (exact) mass is 319 g/mol. The van der Waals surface area contributed by atoms with Gasteiger partial charge < -0.3 is 16.0 Å². The molecule has 1 heterocycles. The quantitative estimate of drug-likeness (QED) is 0.822. The van der Waals surface area contributed by atoms with E-state index < -0.39 is 0 Å². The summed E-state index contributed by atoms with van der Waals surface area (Å²) in [6, 6.07) is 0. The van der Waals surface area contributed by atoms with Crippen molar-refractivity contribution in [2.45, 2.75) is 40.5 Å². The number of halogens is 1. The van der Waals surface area contributed by atoms with Crippen molar-refractivity contribution in [2.75, 3.05) is 26.2 Å². The summed E-state index contributed by atoms with van der Waals surface area (Å²) in [5, 5.41) is 2.99. The van der Waals surface area contributed by atoms with Crippen LogP contribution in [0.1, 0.15) is 40.5 Å². The first-order valence-electron chi connectivity index (χ1n) is 7.53. The molecular weight excluding hydrogens is 290 g/mol. The Bertz CT molecular complexity index is 355. The number of nitrogens with one attached hydrogen (secondary N) is 1. The second kappa shape index (κ2) is 8.59. The number of nitrogens with zero attached hydrogens (tertiary/aromatic N) is 1. The highest BCUT2D eigenvalue weighted by molar-refractivity contribution is 5.85. The van der Waals surface area contributed by atoms with Crippen molar-refractivity contribution in [1.82, 2.24) is 10.2 Å². The van der Waals surface area contributed by atoms with Gasteiger partial charge in [0.15, 0.2) is 0 Å². The fourth-order valence-electron chi connectivity index (χ4n) is 2.35. The van der Waals surface area contributed by atoms with E-state index in [1.807, 2.05) is 32.6 Å². The van der Waals surface area contributed by atoms with Crippen LogP contribution in [0.25, 0.3) is 0 Å².